The van der Waals surface area contributed by atoms with Crippen molar-refractivity contribution in [3.8, 4) is 0 Å². The highest BCUT2D eigenvalue weighted by molar-refractivity contribution is 5.78. The highest BCUT2D eigenvalue weighted by Gasteiger charge is 2.15. The first kappa shape index (κ1) is 14.6. The summed E-state index contributed by atoms with van der Waals surface area (Å²) in [5.41, 5.74) is 0.320. The molecule has 0 saturated carbocycles. The molecule has 18 heavy (non-hydrogen) atoms. The molecule has 1 unspecified atom stereocenters. The lowest BCUT2D eigenvalue weighted by Crippen LogP contribution is -2.45. The first-order valence-electron chi connectivity index (χ1n) is 6.08. The lowest BCUT2D eigenvalue weighted by molar-refractivity contribution is -0.121. The zero-order valence-corrected chi connectivity index (χ0v) is 11.4. The van der Waals surface area contributed by atoms with E-state index in [4.69, 9.17) is 0 Å². The van der Waals surface area contributed by atoms with Crippen LogP contribution in [0.3, 0.4) is 0 Å². The van der Waals surface area contributed by atoms with Gasteiger partial charge in [-0.1, -0.05) is 18.2 Å². The van der Waals surface area contributed by atoms with E-state index in [2.05, 4.69) is 10.6 Å². The molecule has 1 aromatic rings. The van der Waals surface area contributed by atoms with Crippen molar-refractivity contribution in [1.29, 1.82) is 0 Å². The predicted octanol–water partition coefficient (Wildman–Crippen LogP) is 2.39. The molecule has 4 heteroatoms. The van der Waals surface area contributed by atoms with Gasteiger partial charge in [0.1, 0.15) is 5.82 Å². The van der Waals surface area contributed by atoms with Crippen LogP contribution in [0.15, 0.2) is 24.3 Å². The van der Waals surface area contributed by atoms with Gasteiger partial charge in [0.2, 0.25) is 5.91 Å². The number of rotatable bonds is 4. The van der Waals surface area contributed by atoms with Crippen molar-refractivity contribution in [2.24, 2.45) is 0 Å². The van der Waals surface area contributed by atoms with Gasteiger partial charge in [-0.05, 0) is 33.8 Å². The van der Waals surface area contributed by atoms with E-state index in [1.807, 2.05) is 27.7 Å². The maximum Gasteiger partial charge on any atom is 0.234 e. The molecule has 3 nitrogen and oxygen atoms in total. The highest BCUT2D eigenvalue weighted by Crippen LogP contribution is 2.15. The van der Waals surface area contributed by atoms with Crippen LogP contribution < -0.4 is 10.6 Å². The zero-order valence-electron chi connectivity index (χ0n) is 11.4. The lowest BCUT2D eigenvalue weighted by Gasteiger charge is -2.22. The maximum absolute atomic E-state index is 13.5. The van der Waals surface area contributed by atoms with Gasteiger partial charge >= 0.3 is 0 Å². The highest BCUT2D eigenvalue weighted by atomic mass is 19.1. The van der Waals surface area contributed by atoms with Crippen molar-refractivity contribution >= 4 is 5.91 Å². The van der Waals surface area contributed by atoms with Gasteiger partial charge < -0.3 is 10.6 Å². The molecule has 1 rings (SSSR count). The van der Waals surface area contributed by atoms with Gasteiger partial charge in [-0.3, -0.25) is 4.79 Å². The molecule has 0 aromatic heterocycles. The Hall–Kier alpha value is -1.42. The number of benzene rings is 1. The van der Waals surface area contributed by atoms with Crippen LogP contribution in [0.25, 0.3) is 0 Å². The minimum absolute atomic E-state index is 0.0920. The second kappa shape index (κ2) is 5.96. The molecule has 0 radical (unpaired) electrons. The topological polar surface area (TPSA) is 41.1 Å². The molecule has 100 valence electrons. The molecule has 0 aliphatic heterocycles. The normalized spacial score (nSPS) is 13.2. The van der Waals surface area contributed by atoms with Crippen molar-refractivity contribution < 1.29 is 9.18 Å². The largest absolute Gasteiger partial charge is 0.350 e. The van der Waals surface area contributed by atoms with Gasteiger partial charge in [-0.25, -0.2) is 4.39 Å². The summed E-state index contributed by atoms with van der Waals surface area (Å²) in [6.45, 7) is 7.77. The van der Waals surface area contributed by atoms with Crippen LogP contribution in [0.2, 0.25) is 0 Å². The Morgan fingerprint density at radius 3 is 2.50 bits per heavy atom. The summed E-state index contributed by atoms with van der Waals surface area (Å²) in [5.74, 6) is -0.348. The van der Waals surface area contributed by atoms with E-state index in [9.17, 15) is 9.18 Å². The van der Waals surface area contributed by atoms with Crippen molar-refractivity contribution in [2.75, 3.05) is 6.54 Å². The van der Waals surface area contributed by atoms with Crippen molar-refractivity contribution in [2.45, 2.75) is 39.3 Å². The van der Waals surface area contributed by atoms with E-state index in [0.717, 1.165) is 0 Å². The monoisotopic (exact) mass is 252 g/mol. The summed E-state index contributed by atoms with van der Waals surface area (Å²) in [6, 6.07) is 6.37. The number of carbonyl (C=O) groups excluding carboxylic acids is 1. The average Bonchev–Trinajstić information content (AvgIpc) is 2.24. The third-order valence-electron chi connectivity index (χ3n) is 2.45. The van der Waals surface area contributed by atoms with E-state index in [1.54, 1.807) is 18.2 Å². The number of hydrogen-bond donors (Lipinski definition) is 2. The second-order valence-electron chi connectivity index (χ2n) is 5.42. The summed E-state index contributed by atoms with van der Waals surface area (Å²) in [5, 5.41) is 5.86. The van der Waals surface area contributed by atoms with E-state index >= 15 is 0 Å². The van der Waals surface area contributed by atoms with Crippen LogP contribution >= 0.6 is 0 Å². The first-order chi connectivity index (χ1) is 8.29. The van der Waals surface area contributed by atoms with Crippen molar-refractivity contribution in [3.05, 3.63) is 35.6 Å². The van der Waals surface area contributed by atoms with Crippen molar-refractivity contribution in [1.82, 2.24) is 10.6 Å². The van der Waals surface area contributed by atoms with Gasteiger partial charge in [-0.15, -0.1) is 0 Å². The van der Waals surface area contributed by atoms with Gasteiger partial charge in [0, 0.05) is 17.1 Å². The van der Waals surface area contributed by atoms with Gasteiger partial charge in [0.15, 0.2) is 0 Å². The Labute approximate surface area is 108 Å². The van der Waals surface area contributed by atoms with Crippen LogP contribution in [0, 0.1) is 5.82 Å². The van der Waals surface area contributed by atoms with Crippen LogP contribution in [-0.2, 0) is 4.79 Å². The molecular formula is C14H21FN2O. The molecule has 1 atom stereocenters. The smallest absolute Gasteiger partial charge is 0.234 e. The molecule has 0 fully saturated rings. The van der Waals surface area contributed by atoms with Gasteiger partial charge in [-0.2, -0.15) is 0 Å². The number of amides is 1. The molecule has 0 heterocycles. The molecule has 0 aliphatic rings. The summed E-state index contributed by atoms with van der Waals surface area (Å²) in [7, 11) is 0. The van der Waals surface area contributed by atoms with Crippen LogP contribution in [0.1, 0.15) is 39.3 Å². The molecule has 2 N–H and O–H groups in total. The number of hydrogen-bond acceptors (Lipinski definition) is 2. The maximum atomic E-state index is 13.5. The van der Waals surface area contributed by atoms with Crippen LogP contribution in [0.5, 0.6) is 0 Å². The van der Waals surface area contributed by atoms with Crippen molar-refractivity contribution in [3.63, 3.8) is 0 Å². The number of carbonyl (C=O) groups is 1. The Morgan fingerprint density at radius 2 is 1.94 bits per heavy atom. The predicted molar refractivity (Wildman–Crippen MR) is 70.7 cm³/mol. The second-order valence-corrected chi connectivity index (χ2v) is 5.42. The fourth-order valence-electron chi connectivity index (χ4n) is 1.64. The lowest BCUT2D eigenvalue weighted by atomic mass is 10.1. The third kappa shape index (κ3) is 4.84. The number of nitrogens with one attached hydrogen (secondary N) is 2. The molecule has 1 aromatic carbocycles. The standard InChI is InChI=1S/C14H21FN2O/c1-10(11-7-5-6-8-12(11)15)16-9-13(18)17-14(2,3)4/h5-8,10,16H,9H2,1-4H3,(H,17,18). The molecule has 0 bridgehead atoms. The summed E-state index contributed by atoms with van der Waals surface area (Å²) >= 11 is 0. The Bertz CT molecular complexity index is 413. The third-order valence-corrected chi connectivity index (χ3v) is 2.45. The zero-order chi connectivity index (χ0) is 13.8. The van der Waals surface area contributed by atoms with E-state index in [0.29, 0.717) is 5.56 Å². The first-order valence-corrected chi connectivity index (χ1v) is 6.08. The summed E-state index contributed by atoms with van der Waals surface area (Å²) in [4.78, 5) is 11.6. The Kier molecular flexibility index (Phi) is 4.84. The molecule has 0 saturated heterocycles. The summed E-state index contributed by atoms with van der Waals surface area (Å²) in [6.07, 6.45) is 0. The van der Waals surface area contributed by atoms with Gasteiger partial charge in [0.25, 0.3) is 0 Å². The van der Waals surface area contributed by atoms with Crippen LogP contribution in [-0.4, -0.2) is 18.0 Å². The average molecular weight is 252 g/mol. The summed E-state index contributed by atoms with van der Waals surface area (Å²) < 4.78 is 13.5. The van der Waals surface area contributed by atoms with Gasteiger partial charge in [0.05, 0.1) is 6.54 Å². The van der Waals surface area contributed by atoms with E-state index in [-0.39, 0.29) is 29.8 Å². The Morgan fingerprint density at radius 1 is 1.33 bits per heavy atom. The Balaban J connectivity index is 2.49. The van der Waals surface area contributed by atoms with E-state index in [1.165, 1.54) is 6.07 Å². The minimum atomic E-state index is -0.256. The molecular weight excluding hydrogens is 231 g/mol. The fourth-order valence-corrected chi connectivity index (χ4v) is 1.64. The fraction of sp³-hybridized carbons (Fsp3) is 0.500. The number of halogens is 1. The van der Waals surface area contributed by atoms with E-state index < -0.39 is 0 Å². The SMILES string of the molecule is CC(NCC(=O)NC(C)(C)C)c1ccccc1F. The molecule has 0 spiro atoms. The molecule has 0 aliphatic carbocycles. The minimum Gasteiger partial charge on any atom is -0.350 e. The van der Waals surface area contributed by atoms with Crippen LogP contribution in [0.4, 0.5) is 4.39 Å². The molecule has 1 amide bonds. The quantitative estimate of drug-likeness (QED) is 0.864.